The van der Waals surface area contributed by atoms with Gasteiger partial charge in [0.05, 0.1) is 10.0 Å². The van der Waals surface area contributed by atoms with Crippen molar-refractivity contribution in [2.75, 3.05) is 0 Å². The van der Waals surface area contributed by atoms with Gasteiger partial charge < -0.3 is 0 Å². The lowest BCUT2D eigenvalue weighted by atomic mass is 10.0. The number of nitriles is 2. The summed E-state index contributed by atoms with van der Waals surface area (Å²) < 4.78 is 0. The third kappa shape index (κ3) is 1.62. The molecule has 0 aromatic heterocycles. The van der Waals surface area contributed by atoms with E-state index < -0.39 is 0 Å². The summed E-state index contributed by atoms with van der Waals surface area (Å²) >= 11 is 11.7. The van der Waals surface area contributed by atoms with E-state index in [0.717, 1.165) is 0 Å². The summed E-state index contributed by atoms with van der Waals surface area (Å²) in [5, 5.41) is 18.3. The summed E-state index contributed by atoms with van der Waals surface area (Å²) in [6.07, 6.45) is 0. The molecule has 0 heterocycles. The van der Waals surface area contributed by atoms with E-state index in [2.05, 4.69) is 6.58 Å². The highest BCUT2D eigenvalue weighted by Crippen LogP contribution is 2.41. The van der Waals surface area contributed by atoms with Gasteiger partial charge >= 0.3 is 0 Å². The SMILES string of the molecule is C=C1C(=O)c2cc(Cl)c(Cl)cc2C1=C(C#N)C#N. The molecule has 86 valence electrons. The Kier molecular flexibility index (Phi) is 2.97. The van der Waals surface area contributed by atoms with E-state index in [1.807, 2.05) is 0 Å². The number of benzene rings is 1. The van der Waals surface area contributed by atoms with E-state index in [1.54, 1.807) is 12.1 Å². The van der Waals surface area contributed by atoms with Crippen LogP contribution in [0.5, 0.6) is 0 Å². The molecule has 0 spiro atoms. The Morgan fingerprint density at radius 1 is 1.11 bits per heavy atom. The highest BCUT2D eigenvalue weighted by Gasteiger charge is 2.31. The van der Waals surface area contributed by atoms with Crippen LogP contribution < -0.4 is 0 Å². The van der Waals surface area contributed by atoms with Crippen LogP contribution in [0.1, 0.15) is 15.9 Å². The molecule has 0 unspecified atom stereocenters. The van der Waals surface area contributed by atoms with Gasteiger partial charge in [-0.05, 0) is 17.7 Å². The topological polar surface area (TPSA) is 64.7 Å². The van der Waals surface area contributed by atoms with E-state index in [4.69, 9.17) is 33.7 Å². The lowest BCUT2D eigenvalue weighted by Crippen LogP contribution is -1.93. The van der Waals surface area contributed by atoms with E-state index in [9.17, 15) is 4.79 Å². The number of halogens is 2. The molecule has 0 saturated heterocycles. The van der Waals surface area contributed by atoms with Gasteiger partial charge in [0.2, 0.25) is 0 Å². The van der Waals surface area contributed by atoms with E-state index in [-0.39, 0.29) is 32.5 Å². The zero-order valence-electron chi connectivity index (χ0n) is 8.92. The van der Waals surface area contributed by atoms with E-state index in [1.165, 1.54) is 12.1 Å². The minimum Gasteiger partial charge on any atom is -0.289 e. The molecule has 0 radical (unpaired) electrons. The maximum atomic E-state index is 12.0. The summed E-state index contributed by atoms with van der Waals surface area (Å²) in [6.45, 7) is 3.61. The van der Waals surface area contributed by atoms with Crippen molar-refractivity contribution in [2.45, 2.75) is 0 Å². The zero-order chi connectivity index (χ0) is 13.4. The molecule has 0 bridgehead atoms. The van der Waals surface area contributed by atoms with Crippen molar-refractivity contribution in [3.8, 4) is 12.1 Å². The molecule has 0 N–H and O–H groups in total. The Bertz CT molecular complexity index is 702. The van der Waals surface area contributed by atoms with Gasteiger partial charge in [0.15, 0.2) is 5.78 Å². The van der Waals surface area contributed by atoms with Crippen LogP contribution in [0.2, 0.25) is 10.0 Å². The van der Waals surface area contributed by atoms with Crippen molar-refractivity contribution in [1.29, 1.82) is 10.5 Å². The number of fused-ring (bicyclic) bond motifs is 1. The summed E-state index contributed by atoms with van der Waals surface area (Å²) in [5.74, 6) is -0.346. The number of nitrogens with zero attached hydrogens (tertiary/aromatic N) is 2. The molecule has 3 nitrogen and oxygen atoms in total. The van der Waals surface area contributed by atoms with Crippen molar-refractivity contribution in [3.05, 3.63) is 51.0 Å². The number of carbonyl (C=O) groups is 1. The second kappa shape index (κ2) is 4.31. The number of Topliss-reactive ketones (excluding diaryl/α,β-unsaturated/α-hetero) is 1. The van der Waals surface area contributed by atoms with Gasteiger partial charge in [0.1, 0.15) is 17.7 Å². The smallest absolute Gasteiger partial charge is 0.193 e. The fourth-order valence-electron chi connectivity index (χ4n) is 1.80. The molecule has 18 heavy (non-hydrogen) atoms. The number of hydrogen-bond donors (Lipinski definition) is 0. The summed E-state index contributed by atoms with van der Waals surface area (Å²) in [7, 11) is 0. The van der Waals surface area contributed by atoms with Gasteiger partial charge in [-0.3, -0.25) is 4.79 Å². The zero-order valence-corrected chi connectivity index (χ0v) is 10.4. The van der Waals surface area contributed by atoms with Gasteiger partial charge in [-0.15, -0.1) is 0 Å². The molecule has 1 aromatic carbocycles. The Hall–Kier alpha value is -2.07. The third-order valence-corrected chi connectivity index (χ3v) is 3.35. The average Bonchev–Trinajstić information content (AvgIpc) is 2.57. The largest absolute Gasteiger partial charge is 0.289 e. The quantitative estimate of drug-likeness (QED) is 0.537. The lowest BCUT2D eigenvalue weighted by Gasteiger charge is -2.02. The molecular formula is C13H4Cl2N2O. The van der Waals surface area contributed by atoms with E-state index in [0.29, 0.717) is 11.1 Å². The predicted octanol–water partition coefficient (Wildman–Crippen LogP) is 3.55. The summed E-state index contributed by atoms with van der Waals surface area (Å²) in [4.78, 5) is 12.0. The summed E-state index contributed by atoms with van der Waals surface area (Å²) in [5.41, 5.74) is 0.926. The fourth-order valence-corrected chi connectivity index (χ4v) is 2.13. The van der Waals surface area contributed by atoms with Crippen molar-refractivity contribution < 1.29 is 4.79 Å². The Morgan fingerprint density at radius 3 is 2.11 bits per heavy atom. The van der Waals surface area contributed by atoms with Crippen molar-refractivity contribution >= 4 is 34.6 Å². The molecule has 0 fully saturated rings. The Morgan fingerprint density at radius 2 is 1.61 bits per heavy atom. The lowest BCUT2D eigenvalue weighted by molar-refractivity contribution is 0.104. The summed E-state index contributed by atoms with van der Waals surface area (Å²) in [6, 6.07) is 6.39. The maximum Gasteiger partial charge on any atom is 0.193 e. The number of carbonyl (C=O) groups excluding carboxylic acids is 1. The van der Waals surface area contributed by atoms with Crippen LogP contribution in [0.15, 0.2) is 29.9 Å². The highest BCUT2D eigenvalue weighted by molar-refractivity contribution is 6.43. The molecule has 1 aromatic rings. The minimum absolute atomic E-state index is 0.112. The predicted molar refractivity (Wildman–Crippen MR) is 68.1 cm³/mol. The number of rotatable bonds is 0. The van der Waals surface area contributed by atoms with Gasteiger partial charge in [-0.1, -0.05) is 29.8 Å². The molecule has 0 amide bonds. The molecule has 2 rings (SSSR count). The molecule has 1 aliphatic rings. The van der Waals surface area contributed by atoms with Crippen LogP contribution in [-0.4, -0.2) is 5.78 Å². The number of allylic oxidation sites excluding steroid dienone is 3. The van der Waals surface area contributed by atoms with Crippen LogP contribution in [0.25, 0.3) is 5.57 Å². The molecule has 0 atom stereocenters. The second-order valence-electron chi connectivity index (χ2n) is 3.59. The Labute approximate surface area is 113 Å². The first-order chi connectivity index (χ1) is 8.51. The van der Waals surface area contributed by atoms with Gasteiger partial charge in [-0.25, -0.2) is 0 Å². The molecule has 1 aliphatic carbocycles. The van der Waals surface area contributed by atoms with Crippen LogP contribution in [0.3, 0.4) is 0 Å². The standard InChI is InChI=1S/C13H4Cl2N2O/c1-6-12(7(4-16)5-17)8-2-10(14)11(15)3-9(8)13(6)18/h2-3H,1H2. The highest BCUT2D eigenvalue weighted by atomic mass is 35.5. The van der Waals surface area contributed by atoms with Gasteiger partial charge in [0, 0.05) is 16.7 Å². The van der Waals surface area contributed by atoms with Crippen LogP contribution in [0, 0.1) is 22.7 Å². The van der Waals surface area contributed by atoms with E-state index >= 15 is 0 Å². The normalized spacial score (nSPS) is 13.0. The Balaban J connectivity index is 2.88. The number of hydrogen-bond acceptors (Lipinski definition) is 3. The molecular weight excluding hydrogens is 271 g/mol. The molecule has 0 aliphatic heterocycles. The van der Waals surface area contributed by atoms with Gasteiger partial charge in [0.25, 0.3) is 0 Å². The van der Waals surface area contributed by atoms with Crippen molar-refractivity contribution in [2.24, 2.45) is 0 Å². The average molecular weight is 275 g/mol. The monoisotopic (exact) mass is 274 g/mol. The van der Waals surface area contributed by atoms with Crippen molar-refractivity contribution in [1.82, 2.24) is 0 Å². The molecule has 0 saturated carbocycles. The second-order valence-corrected chi connectivity index (χ2v) is 4.41. The van der Waals surface area contributed by atoms with Gasteiger partial charge in [-0.2, -0.15) is 10.5 Å². The fraction of sp³-hybridized carbons (Fsp3) is 0. The first kappa shape index (κ1) is 12.4. The third-order valence-electron chi connectivity index (χ3n) is 2.62. The minimum atomic E-state index is -0.346. The number of ketones is 1. The van der Waals surface area contributed by atoms with Crippen LogP contribution in [-0.2, 0) is 0 Å². The first-order valence-electron chi connectivity index (χ1n) is 4.79. The van der Waals surface area contributed by atoms with Crippen molar-refractivity contribution in [3.63, 3.8) is 0 Å². The maximum absolute atomic E-state index is 12.0. The first-order valence-corrected chi connectivity index (χ1v) is 5.54. The van der Waals surface area contributed by atoms with Crippen LogP contribution in [0.4, 0.5) is 0 Å². The molecule has 5 heteroatoms. The van der Waals surface area contributed by atoms with Crippen LogP contribution >= 0.6 is 23.2 Å².